The van der Waals surface area contributed by atoms with E-state index in [1.54, 1.807) is 4.90 Å². The van der Waals surface area contributed by atoms with Gasteiger partial charge in [0.2, 0.25) is 5.91 Å². The molecule has 3 unspecified atom stereocenters. The van der Waals surface area contributed by atoms with Crippen LogP contribution in [0.1, 0.15) is 25.7 Å². The number of hydrogen-bond acceptors (Lipinski definition) is 4. The predicted octanol–water partition coefficient (Wildman–Crippen LogP) is -0.657. The summed E-state index contributed by atoms with van der Waals surface area (Å²) in [6, 6.07) is 0. The van der Waals surface area contributed by atoms with Crippen LogP contribution in [0.25, 0.3) is 0 Å². The average molecular weight is 270 g/mol. The fraction of sp³-hybridized carbons (Fsp3) is 0.750. The molecule has 0 spiro atoms. The van der Waals surface area contributed by atoms with Crippen molar-refractivity contribution in [2.24, 2.45) is 11.7 Å². The summed E-state index contributed by atoms with van der Waals surface area (Å²) >= 11 is 0. The van der Waals surface area contributed by atoms with Crippen molar-refractivity contribution in [2.45, 2.75) is 37.9 Å². The number of aliphatic carboxylic acids is 1. The molecule has 3 N–H and O–H groups in total. The number of ether oxygens (including phenoxy) is 1. The Bertz CT molecular complexity index is 398. The number of carbonyl (C=O) groups is 3. The van der Waals surface area contributed by atoms with Crippen LogP contribution in [0.15, 0.2) is 0 Å². The molecule has 7 nitrogen and oxygen atoms in total. The van der Waals surface area contributed by atoms with E-state index in [9.17, 15) is 14.4 Å². The first-order chi connectivity index (χ1) is 8.99. The summed E-state index contributed by atoms with van der Waals surface area (Å²) < 4.78 is 5.23. The standard InChI is InChI=1S/C12H18N2O5/c13-10(15)7-2-1-5-14(6-7)11(16)8-3-4-9(19-8)12(17)18/h7-9H,1-6H2,(H2,13,15)(H,17,18). The van der Waals surface area contributed by atoms with Crippen LogP contribution in [0.3, 0.4) is 0 Å². The number of nitrogens with two attached hydrogens (primary N) is 1. The predicted molar refractivity (Wildman–Crippen MR) is 64.0 cm³/mol. The number of carbonyl (C=O) groups excluding carboxylic acids is 2. The van der Waals surface area contributed by atoms with Gasteiger partial charge in [-0.05, 0) is 25.7 Å². The number of primary amides is 1. The van der Waals surface area contributed by atoms with Crippen LogP contribution in [0.2, 0.25) is 0 Å². The summed E-state index contributed by atoms with van der Waals surface area (Å²) in [4.78, 5) is 35.7. The molecule has 2 saturated heterocycles. The van der Waals surface area contributed by atoms with Crippen molar-refractivity contribution >= 4 is 17.8 Å². The van der Waals surface area contributed by atoms with E-state index in [0.29, 0.717) is 32.4 Å². The molecule has 106 valence electrons. The molecule has 2 amide bonds. The Morgan fingerprint density at radius 2 is 1.84 bits per heavy atom. The minimum atomic E-state index is -1.04. The normalized spacial score (nSPS) is 31.2. The van der Waals surface area contributed by atoms with Gasteiger partial charge >= 0.3 is 5.97 Å². The van der Waals surface area contributed by atoms with Gasteiger partial charge in [-0.15, -0.1) is 0 Å². The number of likely N-dealkylation sites (tertiary alicyclic amines) is 1. The Balaban J connectivity index is 1.93. The first-order valence-corrected chi connectivity index (χ1v) is 6.45. The quantitative estimate of drug-likeness (QED) is 0.707. The second kappa shape index (κ2) is 5.56. The topological polar surface area (TPSA) is 110 Å². The Labute approximate surface area is 110 Å². The summed E-state index contributed by atoms with van der Waals surface area (Å²) in [5.74, 6) is -1.97. The maximum atomic E-state index is 12.2. The third kappa shape index (κ3) is 3.04. The highest BCUT2D eigenvalue weighted by atomic mass is 16.5. The molecule has 0 bridgehead atoms. The van der Waals surface area contributed by atoms with E-state index in [1.807, 2.05) is 0 Å². The minimum Gasteiger partial charge on any atom is -0.479 e. The van der Waals surface area contributed by atoms with Gasteiger partial charge in [-0.3, -0.25) is 9.59 Å². The lowest BCUT2D eigenvalue weighted by Crippen LogP contribution is -2.47. The zero-order valence-corrected chi connectivity index (χ0v) is 10.6. The second-order valence-corrected chi connectivity index (χ2v) is 5.05. The van der Waals surface area contributed by atoms with Gasteiger partial charge in [-0.2, -0.15) is 0 Å². The number of piperidine rings is 1. The second-order valence-electron chi connectivity index (χ2n) is 5.05. The largest absolute Gasteiger partial charge is 0.479 e. The monoisotopic (exact) mass is 270 g/mol. The van der Waals surface area contributed by atoms with Gasteiger partial charge in [-0.25, -0.2) is 4.79 Å². The van der Waals surface area contributed by atoms with E-state index >= 15 is 0 Å². The van der Waals surface area contributed by atoms with Gasteiger partial charge < -0.3 is 20.5 Å². The van der Waals surface area contributed by atoms with Crippen LogP contribution in [-0.2, 0) is 19.1 Å². The molecule has 0 aromatic carbocycles. The van der Waals surface area contributed by atoms with E-state index in [1.165, 1.54) is 0 Å². The lowest BCUT2D eigenvalue weighted by molar-refractivity contribution is -0.155. The SMILES string of the molecule is NC(=O)C1CCCN(C(=O)C2CCC(C(=O)O)O2)C1. The highest BCUT2D eigenvalue weighted by Gasteiger charge is 2.38. The fourth-order valence-electron chi connectivity index (χ4n) is 2.61. The Kier molecular flexibility index (Phi) is 4.04. The number of rotatable bonds is 3. The lowest BCUT2D eigenvalue weighted by atomic mass is 9.97. The molecule has 0 aliphatic carbocycles. The van der Waals surface area contributed by atoms with Crippen LogP contribution < -0.4 is 5.73 Å². The summed E-state index contributed by atoms with van der Waals surface area (Å²) in [7, 11) is 0. The Morgan fingerprint density at radius 1 is 1.16 bits per heavy atom. The van der Waals surface area contributed by atoms with Crippen molar-refractivity contribution in [2.75, 3.05) is 13.1 Å². The van der Waals surface area contributed by atoms with Crippen LogP contribution >= 0.6 is 0 Å². The summed E-state index contributed by atoms with van der Waals surface area (Å²) in [5, 5.41) is 8.83. The van der Waals surface area contributed by atoms with Gasteiger partial charge in [0.25, 0.3) is 5.91 Å². The van der Waals surface area contributed by atoms with Crippen molar-refractivity contribution in [1.29, 1.82) is 0 Å². The molecule has 2 heterocycles. The summed E-state index contributed by atoms with van der Waals surface area (Å²) in [6.45, 7) is 0.881. The van der Waals surface area contributed by atoms with E-state index in [0.717, 1.165) is 6.42 Å². The number of carboxylic acids is 1. The third-order valence-electron chi connectivity index (χ3n) is 3.71. The number of nitrogens with zero attached hydrogens (tertiary/aromatic N) is 1. The smallest absolute Gasteiger partial charge is 0.332 e. The van der Waals surface area contributed by atoms with E-state index in [2.05, 4.69) is 0 Å². The number of hydrogen-bond donors (Lipinski definition) is 2. The van der Waals surface area contributed by atoms with Crippen molar-refractivity contribution in [3.63, 3.8) is 0 Å². The zero-order chi connectivity index (χ0) is 14.0. The van der Waals surface area contributed by atoms with Crippen LogP contribution in [-0.4, -0.2) is 53.1 Å². The fourth-order valence-corrected chi connectivity index (χ4v) is 2.61. The number of amides is 2. The molecular weight excluding hydrogens is 252 g/mol. The molecule has 7 heteroatoms. The van der Waals surface area contributed by atoms with Gasteiger partial charge in [0, 0.05) is 13.1 Å². The van der Waals surface area contributed by atoms with Crippen molar-refractivity contribution in [3.8, 4) is 0 Å². The Hall–Kier alpha value is -1.63. The van der Waals surface area contributed by atoms with Crippen molar-refractivity contribution in [3.05, 3.63) is 0 Å². The molecule has 0 saturated carbocycles. The van der Waals surface area contributed by atoms with Crippen LogP contribution in [0.4, 0.5) is 0 Å². The molecule has 19 heavy (non-hydrogen) atoms. The van der Waals surface area contributed by atoms with Crippen LogP contribution in [0.5, 0.6) is 0 Å². The molecule has 2 aliphatic heterocycles. The first kappa shape index (κ1) is 13.8. The van der Waals surface area contributed by atoms with Crippen molar-refractivity contribution in [1.82, 2.24) is 4.90 Å². The van der Waals surface area contributed by atoms with Gasteiger partial charge in [-0.1, -0.05) is 0 Å². The first-order valence-electron chi connectivity index (χ1n) is 6.45. The van der Waals surface area contributed by atoms with E-state index in [-0.39, 0.29) is 11.8 Å². The zero-order valence-electron chi connectivity index (χ0n) is 10.6. The average Bonchev–Trinajstić information content (AvgIpc) is 2.87. The maximum Gasteiger partial charge on any atom is 0.332 e. The molecule has 0 aromatic heterocycles. The Morgan fingerprint density at radius 3 is 2.42 bits per heavy atom. The molecule has 2 fully saturated rings. The molecular formula is C12H18N2O5. The van der Waals surface area contributed by atoms with E-state index in [4.69, 9.17) is 15.6 Å². The van der Waals surface area contributed by atoms with Gasteiger partial charge in [0.15, 0.2) is 6.10 Å². The highest BCUT2D eigenvalue weighted by molar-refractivity contribution is 5.84. The molecule has 2 aliphatic rings. The van der Waals surface area contributed by atoms with Crippen molar-refractivity contribution < 1.29 is 24.2 Å². The van der Waals surface area contributed by atoms with E-state index < -0.39 is 24.1 Å². The van der Waals surface area contributed by atoms with Crippen LogP contribution in [0, 0.1) is 5.92 Å². The van der Waals surface area contributed by atoms with Gasteiger partial charge in [0.1, 0.15) is 6.10 Å². The molecule has 2 rings (SSSR count). The van der Waals surface area contributed by atoms with Gasteiger partial charge in [0.05, 0.1) is 5.92 Å². The molecule has 0 aromatic rings. The third-order valence-corrected chi connectivity index (χ3v) is 3.71. The minimum absolute atomic E-state index is 0.227. The molecule has 3 atom stereocenters. The highest BCUT2D eigenvalue weighted by Crippen LogP contribution is 2.24. The molecule has 0 radical (unpaired) electrons. The summed E-state index contributed by atoms with van der Waals surface area (Å²) in [6.07, 6.45) is 0.585. The maximum absolute atomic E-state index is 12.2. The number of carboxylic acid groups (broad SMARTS) is 1. The lowest BCUT2D eigenvalue weighted by Gasteiger charge is -2.32. The summed E-state index contributed by atoms with van der Waals surface area (Å²) in [5.41, 5.74) is 5.26.